The Labute approximate surface area is 239 Å². The van der Waals surface area contributed by atoms with Crippen LogP contribution in [0.25, 0.3) is 11.1 Å². The first-order valence-electron chi connectivity index (χ1n) is 14.9. The maximum atomic E-state index is 14.4. The second-order valence-corrected chi connectivity index (χ2v) is 12.5. The predicted molar refractivity (Wildman–Crippen MR) is 151 cm³/mol. The Morgan fingerprint density at radius 3 is 2.02 bits per heavy atom. The smallest absolute Gasteiger partial charge is 0.380 e. The van der Waals surface area contributed by atoms with Crippen LogP contribution in [0, 0.1) is 0 Å². The van der Waals surface area contributed by atoms with Gasteiger partial charge < -0.3 is 19.8 Å². The van der Waals surface area contributed by atoms with Crippen LogP contribution >= 0.6 is 0 Å². The van der Waals surface area contributed by atoms with E-state index in [1.54, 1.807) is 6.07 Å². The number of likely N-dealkylation sites (N-methyl/N-ethyl adjacent to an activating group) is 1. The zero-order valence-electron chi connectivity index (χ0n) is 23.6. The highest BCUT2D eigenvalue weighted by Gasteiger charge is 2.50. The molecule has 0 atom stereocenters. The van der Waals surface area contributed by atoms with E-state index in [1.165, 1.54) is 40.7 Å². The normalized spacial score (nSPS) is 21.8. The van der Waals surface area contributed by atoms with Crippen LogP contribution in [0.3, 0.4) is 0 Å². The summed E-state index contributed by atoms with van der Waals surface area (Å²) < 4.78 is 43.1. The Balaban J connectivity index is 1.27. The highest BCUT2D eigenvalue weighted by Crippen LogP contribution is 2.49. The number of amides is 2. The van der Waals surface area contributed by atoms with E-state index in [2.05, 4.69) is 18.0 Å². The fourth-order valence-electron chi connectivity index (χ4n) is 7.16. The lowest BCUT2D eigenvalue weighted by Gasteiger charge is -2.36. The molecular weight excluding hydrogens is 531 g/mol. The third kappa shape index (κ3) is 5.22. The van der Waals surface area contributed by atoms with E-state index in [-0.39, 0.29) is 43.1 Å². The number of piperazine rings is 1. The molecule has 2 heterocycles. The van der Waals surface area contributed by atoms with E-state index in [9.17, 15) is 27.9 Å². The van der Waals surface area contributed by atoms with Crippen molar-refractivity contribution in [1.29, 1.82) is 0 Å². The number of hydrogen-bond donors (Lipinski definition) is 1. The lowest BCUT2D eigenvalue weighted by Crippen LogP contribution is -2.53. The van der Waals surface area contributed by atoms with E-state index in [0.29, 0.717) is 18.4 Å². The number of fused-ring (bicyclic) bond motifs is 2. The molecule has 2 saturated carbocycles. The van der Waals surface area contributed by atoms with Gasteiger partial charge in [-0.05, 0) is 66.6 Å². The number of nitrogens with zero attached hydrogens (tertiary/aromatic N) is 3. The van der Waals surface area contributed by atoms with Crippen molar-refractivity contribution in [2.24, 2.45) is 0 Å². The molecule has 0 unspecified atom stereocenters. The predicted octanol–water partition coefficient (Wildman–Crippen LogP) is 5.61. The van der Waals surface area contributed by atoms with Crippen molar-refractivity contribution in [1.82, 2.24) is 9.80 Å². The van der Waals surface area contributed by atoms with Crippen molar-refractivity contribution in [3.63, 3.8) is 0 Å². The molecule has 220 valence electrons. The first kappa shape index (κ1) is 28.1. The third-order valence-electron chi connectivity index (χ3n) is 9.69. The largest absolute Gasteiger partial charge is 0.417 e. The summed E-state index contributed by atoms with van der Waals surface area (Å²) in [5, 5.41) is 10.1. The summed E-state index contributed by atoms with van der Waals surface area (Å²) in [4.78, 5) is 30.9. The van der Waals surface area contributed by atoms with Crippen LogP contribution < -0.4 is 4.90 Å². The first-order valence-corrected chi connectivity index (χ1v) is 14.9. The van der Waals surface area contributed by atoms with Crippen LogP contribution in [0.2, 0.25) is 0 Å². The van der Waals surface area contributed by atoms with E-state index >= 15 is 0 Å². The Kier molecular flexibility index (Phi) is 7.07. The molecule has 1 N–H and O–H groups in total. The van der Waals surface area contributed by atoms with Crippen LogP contribution in [0.5, 0.6) is 0 Å². The van der Waals surface area contributed by atoms with Crippen molar-refractivity contribution in [3.05, 3.63) is 53.1 Å². The fourth-order valence-corrected chi connectivity index (χ4v) is 7.16. The van der Waals surface area contributed by atoms with Crippen LogP contribution in [-0.2, 0) is 16.4 Å². The molecule has 0 aromatic heterocycles. The second kappa shape index (κ2) is 10.3. The van der Waals surface area contributed by atoms with Gasteiger partial charge in [0.1, 0.15) is 5.60 Å². The molecule has 41 heavy (non-hydrogen) atoms. The number of aliphatic hydroxyl groups is 1. The average Bonchev–Trinajstić information content (AvgIpc) is 3.64. The number of rotatable bonds is 3. The highest BCUT2D eigenvalue weighted by molar-refractivity contribution is 5.97. The summed E-state index contributed by atoms with van der Waals surface area (Å²) in [6.45, 7) is 1.57. The van der Waals surface area contributed by atoms with Crippen LogP contribution in [0.15, 0.2) is 36.4 Å². The molecule has 9 heteroatoms. The van der Waals surface area contributed by atoms with Gasteiger partial charge in [-0.3, -0.25) is 9.59 Å². The standard InChI is InChI=1S/C32H38F3N3O3/c1-36-21-30(11-5-3-2-4-6-12-30)26-20-23(8-10-27(26)36)22-7-9-24(25(19-22)32(33,34)35)28(39)37-15-17-38(18-16-37)29(40)31(41)13-14-31/h7-10,19-20,41H,2-6,11-18,21H2,1H3. The minimum absolute atomic E-state index is 0.0297. The number of halogens is 3. The van der Waals surface area contributed by atoms with Gasteiger partial charge in [-0.25, -0.2) is 0 Å². The minimum Gasteiger partial charge on any atom is -0.380 e. The maximum Gasteiger partial charge on any atom is 0.417 e. The molecule has 6 nitrogen and oxygen atoms in total. The van der Waals surface area contributed by atoms with Gasteiger partial charge in [-0.1, -0.05) is 44.2 Å². The summed E-state index contributed by atoms with van der Waals surface area (Å²) in [5.74, 6) is -1.04. The van der Waals surface area contributed by atoms with E-state index in [1.807, 2.05) is 12.1 Å². The molecule has 2 aliphatic heterocycles. The molecule has 4 aliphatic rings. The zero-order valence-corrected chi connectivity index (χ0v) is 23.6. The molecule has 1 spiro atoms. The van der Waals surface area contributed by atoms with Crippen molar-refractivity contribution in [3.8, 4) is 11.1 Å². The molecule has 2 aromatic carbocycles. The van der Waals surface area contributed by atoms with E-state index < -0.39 is 23.2 Å². The van der Waals surface area contributed by atoms with E-state index in [4.69, 9.17) is 0 Å². The summed E-state index contributed by atoms with van der Waals surface area (Å²) in [6, 6.07) is 10.0. The van der Waals surface area contributed by atoms with Gasteiger partial charge in [0, 0.05) is 50.9 Å². The van der Waals surface area contributed by atoms with Gasteiger partial charge >= 0.3 is 6.18 Å². The van der Waals surface area contributed by atoms with Crippen LogP contribution in [0.1, 0.15) is 79.3 Å². The van der Waals surface area contributed by atoms with Crippen molar-refractivity contribution >= 4 is 17.5 Å². The Morgan fingerprint density at radius 1 is 0.805 bits per heavy atom. The SMILES string of the molecule is CN1CC2(CCCCCCC2)c2cc(-c3ccc(C(=O)N4CCN(C(=O)C5(O)CC5)CC4)c(C(F)(F)F)c3)ccc21. The number of carbonyl (C=O) groups excluding carboxylic acids is 2. The summed E-state index contributed by atoms with van der Waals surface area (Å²) in [7, 11) is 2.09. The number of hydrogen-bond acceptors (Lipinski definition) is 4. The monoisotopic (exact) mass is 569 g/mol. The van der Waals surface area contributed by atoms with Gasteiger partial charge in [-0.15, -0.1) is 0 Å². The molecule has 1 saturated heterocycles. The van der Waals surface area contributed by atoms with Gasteiger partial charge in [0.2, 0.25) is 0 Å². The molecule has 0 bridgehead atoms. The van der Waals surface area contributed by atoms with Crippen LogP contribution in [0.4, 0.5) is 18.9 Å². The van der Waals surface area contributed by atoms with Gasteiger partial charge in [-0.2, -0.15) is 13.2 Å². The third-order valence-corrected chi connectivity index (χ3v) is 9.69. The fraction of sp³-hybridized carbons (Fsp3) is 0.562. The van der Waals surface area contributed by atoms with Gasteiger partial charge in [0.05, 0.1) is 11.1 Å². The zero-order chi connectivity index (χ0) is 29.0. The topological polar surface area (TPSA) is 64.1 Å². The number of benzene rings is 2. The minimum atomic E-state index is -4.70. The summed E-state index contributed by atoms with van der Waals surface area (Å²) in [6.07, 6.45) is 4.36. The number of alkyl halides is 3. The Morgan fingerprint density at radius 2 is 1.39 bits per heavy atom. The number of anilines is 1. The average molecular weight is 570 g/mol. The Bertz CT molecular complexity index is 1340. The van der Waals surface area contributed by atoms with Gasteiger partial charge in [0.25, 0.3) is 11.8 Å². The first-order chi connectivity index (χ1) is 19.5. The molecular formula is C32H38F3N3O3. The Hall–Kier alpha value is -3.07. The van der Waals surface area contributed by atoms with Crippen molar-refractivity contribution < 1.29 is 27.9 Å². The summed E-state index contributed by atoms with van der Waals surface area (Å²) in [5.41, 5.74) is 0.981. The van der Waals surface area contributed by atoms with Crippen molar-refractivity contribution in [2.45, 2.75) is 75.0 Å². The maximum absolute atomic E-state index is 14.4. The summed E-state index contributed by atoms with van der Waals surface area (Å²) >= 11 is 0. The van der Waals surface area contributed by atoms with Crippen molar-refractivity contribution in [2.75, 3.05) is 44.7 Å². The lowest BCUT2D eigenvalue weighted by molar-refractivity contribution is -0.143. The highest BCUT2D eigenvalue weighted by atomic mass is 19.4. The second-order valence-electron chi connectivity index (χ2n) is 12.5. The molecule has 3 fully saturated rings. The molecule has 2 aliphatic carbocycles. The molecule has 2 aromatic rings. The quantitative estimate of drug-likeness (QED) is 0.522. The number of carbonyl (C=O) groups is 2. The lowest BCUT2D eigenvalue weighted by atomic mass is 9.72. The molecule has 0 radical (unpaired) electrons. The van der Waals surface area contributed by atoms with Crippen LogP contribution in [-0.4, -0.2) is 72.1 Å². The van der Waals surface area contributed by atoms with E-state index in [0.717, 1.165) is 49.5 Å². The van der Waals surface area contributed by atoms with Gasteiger partial charge in [0.15, 0.2) is 0 Å². The molecule has 6 rings (SSSR count). The molecule has 2 amide bonds.